The number of hydrogen-bond acceptors (Lipinski definition) is 3. The van der Waals surface area contributed by atoms with Gasteiger partial charge in [0.15, 0.2) is 0 Å². The summed E-state index contributed by atoms with van der Waals surface area (Å²) in [6.45, 7) is 3.03. The van der Waals surface area contributed by atoms with Crippen LogP contribution in [-0.4, -0.2) is 40.9 Å². The quantitative estimate of drug-likeness (QED) is 0.853. The summed E-state index contributed by atoms with van der Waals surface area (Å²) in [5, 5.41) is 2.47. The van der Waals surface area contributed by atoms with Crippen LogP contribution in [0.15, 0.2) is 23.1 Å². The van der Waals surface area contributed by atoms with E-state index in [-0.39, 0.29) is 18.9 Å². The second-order valence-corrected chi connectivity index (χ2v) is 6.57. The zero-order valence-electron chi connectivity index (χ0n) is 14.5. The highest BCUT2D eigenvalue weighted by Crippen LogP contribution is 2.27. The number of likely N-dealkylation sites (tertiary alicyclic amines) is 1. The minimum atomic E-state index is -4.59. The predicted molar refractivity (Wildman–Crippen MR) is 88.3 cm³/mol. The normalized spacial score (nSPS) is 17.8. The summed E-state index contributed by atoms with van der Waals surface area (Å²) >= 11 is 0. The van der Waals surface area contributed by atoms with Gasteiger partial charge in [0.1, 0.15) is 6.54 Å². The first-order valence-corrected chi connectivity index (χ1v) is 8.49. The van der Waals surface area contributed by atoms with Crippen molar-refractivity contribution in [3.63, 3.8) is 0 Å². The third kappa shape index (κ3) is 5.60. The van der Waals surface area contributed by atoms with Crippen molar-refractivity contribution < 1.29 is 22.8 Å². The maximum absolute atomic E-state index is 12.7. The molecule has 1 N–H and O–H groups in total. The van der Waals surface area contributed by atoms with Crippen LogP contribution in [0.2, 0.25) is 0 Å². The molecule has 1 aromatic rings. The lowest BCUT2D eigenvalue weighted by atomic mass is 10.00. The first kappa shape index (κ1) is 20.0. The zero-order valence-corrected chi connectivity index (χ0v) is 14.5. The average molecular weight is 373 g/mol. The van der Waals surface area contributed by atoms with Crippen LogP contribution < -0.4 is 10.9 Å². The molecule has 9 heteroatoms. The number of pyridine rings is 1. The minimum absolute atomic E-state index is 0.0620. The second-order valence-electron chi connectivity index (χ2n) is 6.57. The molecule has 2 heterocycles. The second kappa shape index (κ2) is 8.37. The molecule has 0 spiro atoms. The molecule has 144 valence electrons. The highest BCUT2D eigenvalue weighted by atomic mass is 19.4. The van der Waals surface area contributed by atoms with E-state index in [2.05, 4.69) is 12.2 Å². The first-order valence-electron chi connectivity index (χ1n) is 8.49. The fraction of sp³-hybridized carbons (Fsp3) is 0.588. The van der Waals surface area contributed by atoms with Crippen LogP contribution >= 0.6 is 0 Å². The van der Waals surface area contributed by atoms with Crippen molar-refractivity contribution in [2.75, 3.05) is 19.6 Å². The monoisotopic (exact) mass is 373 g/mol. The molecule has 1 aliphatic rings. The van der Waals surface area contributed by atoms with Gasteiger partial charge in [-0.25, -0.2) is 0 Å². The Labute approximate surface area is 149 Å². The average Bonchev–Trinajstić information content (AvgIpc) is 2.55. The molecular formula is C17H22F3N3O3. The van der Waals surface area contributed by atoms with Gasteiger partial charge in [0, 0.05) is 38.3 Å². The number of rotatable bonds is 5. The van der Waals surface area contributed by atoms with Crippen LogP contribution in [0.25, 0.3) is 0 Å². The Morgan fingerprint density at radius 1 is 1.31 bits per heavy atom. The van der Waals surface area contributed by atoms with Crippen molar-refractivity contribution in [2.45, 2.75) is 38.9 Å². The van der Waals surface area contributed by atoms with Crippen LogP contribution in [0.5, 0.6) is 0 Å². The van der Waals surface area contributed by atoms with E-state index < -0.39 is 29.8 Å². The SMILES string of the molecule is CC1CCCN(C(=O)CCNC(=O)Cn2cc(C(F)(F)F)ccc2=O)C1. The maximum atomic E-state index is 12.7. The summed E-state index contributed by atoms with van der Waals surface area (Å²) in [6, 6.07) is 1.45. The van der Waals surface area contributed by atoms with Crippen LogP contribution in [-0.2, 0) is 22.3 Å². The number of carbonyl (C=O) groups is 2. The van der Waals surface area contributed by atoms with Gasteiger partial charge in [-0.2, -0.15) is 13.2 Å². The van der Waals surface area contributed by atoms with Crippen LogP contribution in [0, 0.1) is 5.92 Å². The van der Waals surface area contributed by atoms with E-state index in [1.165, 1.54) is 0 Å². The Hall–Kier alpha value is -2.32. The molecule has 1 aromatic heterocycles. The molecule has 26 heavy (non-hydrogen) atoms. The number of piperidine rings is 1. The third-order valence-corrected chi connectivity index (χ3v) is 4.30. The van der Waals surface area contributed by atoms with Crippen molar-refractivity contribution in [3.05, 3.63) is 34.2 Å². The van der Waals surface area contributed by atoms with Gasteiger partial charge in [0.25, 0.3) is 5.56 Å². The zero-order chi connectivity index (χ0) is 19.3. The van der Waals surface area contributed by atoms with Gasteiger partial charge in [0.2, 0.25) is 11.8 Å². The van der Waals surface area contributed by atoms with Crippen molar-refractivity contribution in [1.82, 2.24) is 14.8 Å². The van der Waals surface area contributed by atoms with E-state index in [9.17, 15) is 27.6 Å². The molecule has 0 radical (unpaired) electrons. The molecule has 1 unspecified atom stereocenters. The number of nitrogens with one attached hydrogen (secondary N) is 1. The number of halogens is 3. The highest BCUT2D eigenvalue weighted by Gasteiger charge is 2.31. The van der Waals surface area contributed by atoms with E-state index in [0.29, 0.717) is 35.8 Å². The van der Waals surface area contributed by atoms with Gasteiger partial charge in [-0.3, -0.25) is 14.4 Å². The predicted octanol–water partition coefficient (Wildman–Crippen LogP) is 1.63. The summed E-state index contributed by atoms with van der Waals surface area (Å²) in [4.78, 5) is 37.3. The summed E-state index contributed by atoms with van der Waals surface area (Å²) in [6.07, 6.45) is -1.81. The van der Waals surface area contributed by atoms with Crippen LogP contribution in [0.1, 0.15) is 31.7 Å². The number of hydrogen-bond donors (Lipinski definition) is 1. The van der Waals surface area contributed by atoms with Gasteiger partial charge >= 0.3 is 6.18 Å². The smallest absolute Gasteiger partial charge is 0.354 e. The Morgan fingerprint density at radius 3 is 2.69 bits per heavy atom. The lowest BCUT2D eigenvalue weighted by Gasteiger charge is -2.31. The summed E-state index contributed by atoms with van der Waals surface area (Å²) in [5.74, 6) is -0.227. The number of aromatic nitrogens is 1. The van der Waals surface area contributed by atoms with E-state index in [0.717, 1.165) is 18.9 Å². The molecule has 0 bridgehead atoms. The number of alkyl halides is 3. The van der Waals surface area contributed by atoms with E-state index >= 15 is 0 Å². The summed E-state index contributed by atoms with van der Waals surface area (Å²) < 4.78 is 38.7. The molecule has 6 nitrogen and oxygen atoms in total. The maximum Gasteiger partial charge on any atom is 0.417 e. The molecule has 1 aliphatic heterocycles. The van der Waals surface area contributed by atoms with Gasteiger partial charge in [-0.15, -0.1) is 0 Å². The van der Waals surface area contributed by atoms with Crippen molar-refractivity contribution in [2.24, 2.45) is 5.92 Å². The van der Waals surface area contributed by atoms with Gasteiger partial charge in [-0.1, -0.05) is 6.92 Å². The first-order chi connectivity index (χ1) is 12.2. The lowest BCUT2D eigenvalue weighted by Crippen LogP contribution is -2.41. The third-order valence-electron chi connectivity index (χ3n) is 4.30. The molecule has 0 aliphatic carbocycles. The summed E-state index contributed by atoms with van der Waals surface area (Å²) in [5.41, 5.74) is -1.70. The fourth-order valence-corrected chi connectivity index (χ4v) is 2.92. The van der Waals surface area contributed by atoms with Crippen molar-refractivity contribution in [3.8, 4) is 0 Å². The van der Waals surface area contributed by atoms with E-state index in [1.807, 2.05) is 0 Å². The Morgan fingerprint density at radius 2 is 2.04 bits per heavy atom. The highest BCUT2D eigenvalue weighted by molar-refractivity contribution is 5.79. The van der Waals surface area contributed by atoms with Crippen LogP contribution in [0.4, 0.5) is 13.2 Å². The Balaban J connectivity index is 1.84. The van der Waals surface area contributed by atoms with Gasteiger partial charge in [-0.05, 0) is 24.8 Å². The fourth-order valence-electron chi connectivity index (χ4n) is 2.92. The molecular weight excluding hydrogens is 351 g/mol. The largest absolute Gasteiger partial charge is 0.417 e. The van der Waals surface area contributed by atoms with E-state index in [1.54, 1.807) is 4.90 Å². The molecule has 1 saturated heterocycles. The van der Waals surface area contributed by atoms with Gasteiger partial charge in [0.05, 0.1) is 5.56 Å². The summed E-state index contributed by atoms with van der Waals surface area (Å²) in [7, 11) is 0. The molecule has 0 aromatic carbocycles. The Kier molecular flexibility index (Phi) is 6.44. The van der Waals surface area contributed by atoms with Gasteiger partial charge < -0.3 is 14.8 Å². The molecule has 2 rings (SSSR count). The topological polar surface area (TPSA) is 71.4 Å². The Bertz CT molecular complexity index is 715. The molecule has 2 amide bonds. The standard InChI is InChI=1S/C17H22F3N3O3/c1-12-3-2-8-22(9-12)16(26)6-7-21-14(24)11-23-10-13(17(18,19)20)4-5-15(23)25/h4-5,10,12H,2-3,6-9,11H2,1H3,(H,21,24). The van der Waals surface area contributed by atoms with Crippen LogP contribution in [0.3, 0.4) is 0 Å². The van der Waals surface area contributed by atoms with Crippen molar-refractivity contribution >= 4 is 11.8 Å². The number of nitrogens with zero attached hydrogens (tertiary/aromatic N) is 2. The lowest BCUT2D eigenvalue weighted by molar-refractivity contribution is -0.138. The number of amides is 2. The minimum Gasteiger partial charge on any atom is -0.354 e. The van der Waals surface area contributed by atoms with E-state index in [4.69, 9.17) is 0 Å². The molecule has 0 saturated carbocycles. The molecule has 1 atom stereocenters. The number of carbonyl (C=O) groups excluding carboxylic acids is 2. The molecule has 1 fully saturated rings. The van der Waals surface area contributed by atoms with Crippen molar-refractivity contribution in [1.29, 1.82) is 0 Å².